The van der Waals surface area contributed by atoms with Crippen LogP contribution in [0.4, 0.5) is 5.82 Å². The molecule has 1 unspecified atom stereocenters. The van der Waals surface area contributed by atoms with Crippen LogP contribution in [0.1, 0.15) is 49.2 Å². The lowest BCUT2D eigenvalue weighted by atomic mass is 10.1. The molecule has 1 aliphatic heterocycles. The van der Waals surface area contributed by atoms with Crippen molar-refractivity contribution in [3.8, 4) is 0 Å². The van der Waals surface area contributed by atoms with Gasteiger partial charge in [-0.3, -0.25) is 4.79 Å². The van der Waals surface area contributed by atoms with Gasteiger partial charge < -0.3 is 10.6 Å². The van der Waals surface area contributed by atoms with E-state index < -0.39 is 0 Å². The predicted octanol–water partition coefficient (Wildman–Crippen LogP) is 3.09. The molecule has 1 saturated heterocycles. The number of carbonyl (C=O) groups is 1. The Morgan fingerprint density at radius 3 is 2.95 bits per heavy atom. The topological polar surface area (TPSA) is 54.0 Å². The third kappa shape index (κ3) is 4.92. The van der Waals surface area contributed by atoms with Gasteiger partial charge in [0.25, 0.3) is 5.91 Å². The van der Waals surface area contributed by atoms with Crippen LogP contribution in [-0.2, 0) is 6.42 Å². The van der Waals surface area contributed by atoms with Crippen LogP contribution in [0, 0.1) is 0 Å². The van der Waals surface area contributed by atoms with Crippen LogP contribution in [0.5, 0.6) is 0 Å². The molecule has 1 fully saturated rings. The summed E-state index contributed by atoms with van der Waals surface area (Å²) in [6.07, 6.45) is 4.41. The number of pyridine rings is 1. The zero-order valence-corrected chi connectivity index (χ0v) is 13.8. The normalized spacial score (nSPS) is 17.7. The van der Waals surface area contributed by atoms with Crippen molar-refractivity contribution in [1.82, 2.24) is 10.3 Å². The maximum atomic E-state index is 12.3. The summed E-state index contributed by atoms with van der Waals surface area (Å²) in [5, 5.41) is 6.85. The predicted molar refractivity (Wildman–Crippen MR) is 90.2 cm³/mol. The highest BCUT2D eigenvalue weighted by atomic mass is 32.2. The minimum atomic E-state index is 0.0152. The van der Waals surface area contributed by atoms with E-state index in [0.29, 0.717) is 10.8 Å². The molecule has 2 rings (SSSR count). The molecular weight excluding hydrogens is 282 g/mol. The van der Waals surface area contributed by atoms with Crippen molar-refractivity contribution in [2.45, 2.75) is 44.8 Å². The fourth-order valence-corrected chi connectivity index (χ4v) is 3.69. The Labute approximate surface area is 131 Å². The summed E-state index contributed by atoms with van der Waals surface area (Å²) in [7, 11) is 0. The Morgan fingerprint density at radius 1 is 1.43 bits per heavy atom. The molecule has 5 heteroatoms. The average Bonchev–Trinajstić information content (AvgIpc) is 2.98. The van der Waals surface area contributed by atoms with E-state index in [1.807, 2.05) is 30.8 Å². The smallest absolute Gasteiger partial charge is 0.251 e. The molecule has 1 aromatic heterocycles. The van der Waals surface area contributed by atoms with Gasteiger partial charge in [0, 0.05) is 29.6 Å². The van der Waals surface area contributed by atoms with E-state index in [4.69, 9.17) is 0 Å². The van der Waals surface area contributed by atoms with Crippen molar-refractivity contribution in [2.75, 3.05) is 24.2 Å². The SMILES string of the molecule is CCCc1cc(C(=O)NCC2CCCS2)cc(NCC)n1. The molecular formula is C16H25N3OS. The molecule has 0 aliphatic carbocycles. The summed E-state index contributed by atoms with van der Waals surface area (Å²) < 4.78 is 0. The van der Waals surface area contributed by atoms with Crippen LogP contribution >= 0.6 is 11.8 Å². The summed E-state index contributed by atoms with van der Waals surface area (Å²) >= 11 is 1.96. The Hall–Kier alpha value is -1.23. The lowest BCUT2D eigenvalue weighted by molar-refractivity contribution is 0.0953. The van der Waals surface area contributed by atoms with Crippen molar-refractivity contribution in [3.05, 3.63) is 23.4 Å². The molecule has 0 radical (unpaired) electrons. The average molecular weight is 307 g/mol. The van der Waals surface area contributed by atoms with E-state index in [1.54, 1.807) is 0 Å². The Bertz CT molecular complexity index is 448. The van der Waals surface area contributed by atoms with Gasteiger partial charge in [0.2, 0.25) is 0 Å². The number of aromatic nitrogens is 1. The first-order valence-electron chi connectivity index (χ1n) is 7.87. The molecule has 4 nitrogen and oxygen atoms in total. The van der Waals surface area contributed by atoms with Gasteiger partial charge in [-0.2, -0.15) is 11.8 Å². The van der Waals surface area contributed by atoms with Crippen molar-refractivity contribution < 1.29 is 4.79 Å². The Morgan fingerprint density at radius 2 is 2.29 bits per heavy atom. The molecule has 1 amide bonds. The number of anilines is 1. The summed E-state index contributed by atoms with van der Waals surface area (Å²) in [6, 6.07) is 3.77. The molecule has 2 N–H and O–H groups in total. The maximum Gasteiger partial charge on any atom is 0.251 e. The third-order valence-corrected chi connectivity index (χ3v) is 4.92. The van der Waals surface area contributed by atoms with E-state index in [9.17, 15) is 4.79 Å². The molecule has 0 bridgehead atoms. The highest BCUT2D eigenvalue weighted by molar-refractivity contribution is 8.00. The van der Waals surface area contributed by atoms with Gasteiger partial charge in [0.15, 0.2) is 0 Å². The minimum Gasteiger partial charge on any atom is -0.370 e. The molecule has 1 atom stereocenters. The highest BCUT2D eigenvalue weighted by Gasteiger charge is 2.17. The summed E-state index contributed by atoms with van der Waals surface area (Å²) in [5.74, 6) is 2.03. The zero-order chi connectivity index (χ0) is 15.1. The maximum absolute atomic E-state index is 12.3. The molecule has 1 aliphatic rings. The van der Waals surface area contributed by atoms with Crippen molar-refractivity contribution >= 4 is 23.5 Å². The van der Waals surface area contributed by atoms with Gasteiger partial charge >= 0.3 is 0 Å². The number of hydrogen-bond acceptors (Lipinski definition) is 4. The van der Waals surface area contributed by atoms with E-state index in [2.05, 4.69) is 22.5 Å². The second kappa shape index (κ2) is 8.27. The summed E-state index contributed by atoms with van der Waals surface area (Å²) in [5.41, 5.74) is 1.70. The lowest BCUT2D eigenvalue weighted by Crippen LogP contribution is -2.30. The zero-order valence-electron chi connectivity index (χ0n) is 12.9. The van der Waals surface area contributed by atoms with Crippen LogP contribution in [0.2, 0.25) is 0 Å². The first kappa shape index (κ1) is 16.1. The third-order valence-electron chi connectivity index (χ3n) is 3.52. The second-order valence-corrected chi connectivity index (χ2v) is 6.77. The van der Waals surface area contributed by atoms with Crippen molar-refractivity contribution in [3.63, 3.8) is 0 Å². The standard InChI is InChI=1S/C16H25N3OS/c1-3-6-13-9-12(10-15(19-13)17-4-2)16(20)18-11-14-7-5-8-21-14/h9-10,14H,3-8,11H2,1-2H3,(H,17,19)(H,18,20). The van der Waals surface area contributed by atoms with Gasteiger partial charge in [-0.1, -0.05) is 13.3 Å². The van der Waals surface area contributed by atoms with Gasteiger partial charge in [0.1, 0.15) is 5.82 Å². The lowest BCUT2D eigenvalue weighted by Gasteiger charge is -2.12. The molecule has 0 spiro atoms. The van der Waals surface area contributed by atoms with Gasteiger partial charge in [-0.05, 0) is 44.1 Å². The molecule has 116 valence electrons. The first-order valence-corrected chi connectivity index (χ1v) is 8.92. The number of nitrogens with zero attached hydrogens (tertiary/aromatic N) is 1. The largest absolute Gasteiger partial charge is 0.370 e. The van der Waals surface area contributed by atoms with E-state index >= 15 is 0 Å². The van der Waals surface area contributed by atoms with Gasteiger partial charge in [-0.25, -0.2) is 4.98 Å². The monoisotopic (exact) mass is 307 g/mol. The highest BCUT2D eigenvalue weighted by Crippen LogP contribution is 2.25. The molecule has 21 heavy (non-hydrogen) atoms. The first-order chi connectivity index (χ1) is 10.2. The number of thioether (sulfide) groups is 1. The number of carbonyl (C=O) groups excluding carboxylic acids is 1. The Kier molecular flexibility index (Phi) is 6.36. The Balaban J connectivity index is 2.03. The van der Waals surface area contributed by atoms with E-state index in [1.165, 1.54) is 18.6 Å². The van der Waals surface area contributed by atoms with Crippen LogP contribution in [-0.4, -0.2) is 35.0 Å². The van der Waals surface area contributed by atoms with Crippen LogP contribution in [0.3, 0.4) is 0 Å². The quantitative estimate of drug-likeness (QED) is 0.813. The fourth-order valence-electron chi connectivity index (χ4n) is 2.49. The van der Waals surface area contributed by atoms with Gasteiger partial charge in [0.05, 0.1) is 0 Å². The minimum absolute atomic E-state index is 0.0152. The second-order valence-electron chi connectivity index (χ2n) is 5.36. The summed E-state index contributed by atoms with van der Waals surface area (Å²) in [4.78, 5) is 16.9. The number of rotatable bonds is 7. The number of nitrogens with one attached hydrogen (secondary N) is 2. The van der Waals surface area contributed by atoms with Crippen LogP contribution in [0.25, 0.3) is 0 Å². The number of aryl methyl sites for hydroxylation is 1. The van der Waals surface area contributed by atoms with Crippen molar-refractivity contribution in [2.24, 2.45) is 0 Å². The molecule has 0 aromatic carbocycles. The van der Waals surface area contributed by atoms with Crippen LogP contribution in [0.15, 0.2) is 12.1 Å². The van der Waals surface area contributed by atoms with E-state index in [-0.39, 0.29) is 5.91 Å². The molecule has 2 heterocycles. The molecule has 1 aromatic rings. The van der Waals surface area contributed by atoms with Gasteiger partial charge in [-0.15, -0.1) is 0 Å². The fraction of sp³-hybridized carbons (Fsp3) is 0.625. The summed E-state index contributed by atoms with van der Waals surface area (Å²) in [6.45, 7) is 5.73. The number of amides is 1. The van der Waals surface area contributed by atoms with Crippen molar-refractivity contribution in [1.29, 1.82) is 0 Å². The van der Waals surface area contributed by atoms with E-state index in [0.717, 1.165) is 37.4 Å². The number of hydrogen-bond donors (Lipinski definition) is 2. The van der Waals surface area contributed by atoms with Crippen LogP contribution < -0.4 is 10.6 Å². The molecule has 0 saturated carbocycles.